The topological polar surface area (TPSA) is 46.5 Å². The average molecular weight is 543 g/mol. The Morgan fingerprint density at radius 1 is 0.872 bits per heavy atom. The maximum atomic E-state index is 10.9. The molecule has 0 saturated carbocycles. The first-order valence-electron chi connectivity index (χ1n) is 16.3. The van der Waals surface area contributed by atoms with Crippen molar-refractivity contribution < 1.29 is 14.6 Å². The second kappa shape index (κ2) is 21.0. The van der Waals surface area contributed by atoms with Crippen molar-refractivity contribution in [2.75, 3.05) is 6.61 Å². The van der Waals surface area contributed by atoms with Crippen LogP contribution in [0.5, 0.6) is 5.75 Å². The predicted octanol–water partition coefficient (Wildman–Crippen LogP) is 11.0. The molecule has 0 aliphatic carbocycles. The van der Waals surface area contributed by atoms with Gasteiger partial charge in [0.2, 0.25) is 0 Å². The molecule has 0 spiro atoms. The highest BCUT2D eigenvalue weighted by molar-refractivity contribution is 5.69. The van der Waals surface area contributed by atoms with Crippen molar-refractivity contribution in [1.82, 2.24) is 0 Å². The monoisotopic (exact) mass is 542 g/mol. The standard InChI is InChI=1S/C36H62O3/c1-8-9-10-11-12-13-27-39-35-33(7)31(5)24-26-34(35)25-23-30(4)20-15-19-28(2)17-14-18-29(3)21-16-22-32(6)36(37)38/h21,24,26,28,30,32H,8-20,22-23,25,27H2,1-7H3,(H,37,38). The number of carboxylic acid groups (broad SMARTS) is 1. The lowest BCUT2D eigenvalue weighted by atomic mass is 9.91. The van der Waals surface area contributed by atoms with E-state index in [-0.39, 0.29) is 5.92 Å². The first kappa shape index (κ1) is 35.3. The van der Waals surface area contributed by atoms with E-state index in [0.29, 0.717) is 0 Å². The van der Waals surface area contributed by atoms with Crippen molar-refractivity contribution in [2.45, 2.75) is 151 Å². The number of ether oxygens (including phenoxy) is 1. The summed E-state index contributed by atoms with van der Waals surface area (Å²) < 4.78 is 6.37. The van der Waals surface area contributed by atoms with Gasteiger partial charge in [-0.25, -0.2) is 0 Å². The van der Waals surface area contributed by atoms with E-state index in [4.69, 9.17) is 9.84 Å². The van der Waals surface area contributed by atoms with Crippen molar-refractivity contribution in [2.24, 2.45) is 17.8 Å². The van der Waals surface area contributed by atoms with Crippen molar-refractivity contribution in [1.29, 1.82) is 0 Å². The molecule has 0 aromatic heterocycles. The summed E-state index contributed by atoms with van der Waals surface area (Å²) in [6, 6.07) is 4.57. The van der Waals surface area contributed by atoms with Gasteiger partial charge >= 0.3 is 5.97 Å². The predicted molar refractivity (Wildman–Crippen MR) is 169 cm³/mol. The third-order valence-corrected chi connectivity index (χ3v) is 8.58. The molecule has 0 bridgehead atoms. The van der Waals surface area contributed by atoms with Crippen molar-refractivity contribution in [3.8, 4) is 5.75 Å². The third kappa shape index (κ3) is 16.2. The summed E-state index contributed by atoms with van der Waals surface area (Å²) in [5, 5.41) is 9.00. The average Bonchev–Trinajstić information content (AvgIpc) is 2.89. The molecular formula is C36H62O3. The molecule has 224 valence electrons. The van der Waals surface area contributed by atoms with E-state index in [1.807, 2.05) is 0 Å². The molecule has 3 atom stereocenters. The van der Waals surface area contributed by atoms with Gasteiger partial charge in [0.15, 0.2) is 0 Å². The third-order valence-electron chi connectivity index (χ3n) is 8.58. The number of aryl methyl sites for hydroxylation is 2. The molecule has 0 heterocycles. The van der Waals surface area contributed by atoms with E-state index in [2.05, 4.69) is 59.8 Å². The molecule has 3 unspecified atom stereocenters. The van der Waals surface area contributed by atoms with Crippen LogP contribution in [0.1, 0.15) is 148 Å². The zero-order chi connectivity index (χ0) is 29.0. The number of hydrogen-bond donors (Lipinski definition) is 1. The maximum Gasteiger partial charge on any atom is 0.306 e. The maximum absolute atomic E-state index is 10.9. The number of benzene rings is 1. The number of carbonyl (C=O) groups is 1. The fourth-order valence-electron chi connectivity index (χ4n) is 5.34. The number of allylic oxidation sites excluding steroid dienone is 2. The molecule has 1 aromatic rings. The molecule has 3 heteroatoms. The van der Waals surface area contributed by atoms with Crippen molar-refractivity contribution in [3.05, 3.63) is 40.5 Å². The molecule has 1 N–H and O–H groups in total. The quantitative estimate of drug-likeness (QED) is 0.110. The van der Waals surface area contributed by atoms with Gasteiger partial charge in [-0.05, 0) is 94.2 Å². The van der Waals surface area contributed by atoms with Gasteiger partial charge in [0.25, 0.3) is 0 Å². The van der Waals surface area contributed by atoms with Gasteiger partial charge in [-0.15, -0.1) is 0 Å². The van der Waals surface area contributed by atoms with E-state index in [1.165, 1.54) is 92.9 Å². The van der Waals surface area contributed by atoms with E-state index >= 15 is 0 Å². The highest BCUT2D eigenvalue weighted by Crippen LogP contribution is 2.30. The molecule has 0 radical (unpaired) electrons. The fraction of sp³-hybridized carbons (Fsp3) is 0.750. The molecule has 0 aliphatic rings. The summed E-state index contributed by atoms with van der Waals surface area (Å²) >= 11 is 0. The van der Waals surface area contributed by atoms with Crippen LogP contribution in [0.4, 0.5) is 0 Å². The van der Waals surface area contributed by atoms with Crippen LogP contribution in [0.15, 0.2) is 23.8 Å². The summed E-state index contributed by atoms with van der Waals surface area (Å²) in [4.78, 5) is 10.9. The summed E-state index contributed by atoms with van der Waals surface area (Å²) in [5.41, 5.74) is 5.46. The molecule has 0 saturated heterocycles. The number of aliphatic carboxylic acids is 1. The van der Waals surface area contributed by atoms with Gasteiger partial charge in [0.05, 0.1) is 12.5 Å². The Labute approximate surface area is 242 Å². The fourth-order valence-corrected chi connectivity index (χ4v) is 5.34. The largest absolute Gasteiger partial charge is 0.493 e. The summed E-state index contributed by atoms with van der Waals surface area (Å²) in [7, 11) is 0. The van der Waals surface area contributed by atoms with Crippen LogP contribution in [-0.4, -0.2) is 17.7 Å². The van der Waals surface area contributed by atoms with Gasteiger partial charge in [0.1, 0.15) is 5.75 Å². The van der Waals surface area contributed by atoms with Crippen LogP contribution < -0.4 is 4.74 Å². The number of rotatable bonds is 23. The van der Waals surface area contributed by atoms with Gasteiger partial charge in [0, 0.05) is 0 Å². The normalized spacial score (nSPS) is 14.3. The van der Waals surface area contributed by atoms with Gasteiger partial charge in [-0.2, -0.15) is 0 Å². The van der Waals surface area contributed by atoms with E-state index < -0.39 is 5.97 Å². The summed E-state index contributed by atoms with van der Waals surface area (Å²) in [6.45, 7) is 16.3. The van der Waals surface area contributed by atoms with Crippen molar-refractivity contribution in [3.63, 3.8) is 0 Å². The Balaban J connectivity index is 2.31. The SMILES string of the molecule is CCCCCCCCOc1c(CCC(C)CCCC(C)CCCC(C)=CCCC(C)C(=O)O)ccc(C)c1C. The van der Waals surface area contributed by atoms with Crippen LogP contribution in [0, 0.1) is 31.6 Å². The molecule has 39 heavy (non-hydrogen) atoms. The second-order valence-electron chi connectivity index (χ2n) is 12.6. The minimum absolute atomic E-state index is 0.247. The zero-order valence-electron chi connectivity index (χ0n) is 26.7. The minimum Gasteiger partial charge on any atom is -0.493 e. The van der Waals surface area contributed by atoms with Gasteiger partial charge in [-0.1, -0.05) is 109 Å². The summed E-state index contributed by atoms with van der Waals surface area (Å²) in [6.07, 6.45) is 21.6. The molecule has 1 aromatic carbocycles. The van der Waals surface area contributed by atoms with Crippen LogP contribution in [0.25, 0.3) is 0 Å². The molecule has 0 aliphatic heterocycles. The first-order valence-corrected chi connectivity index (χ1v) is 16.3. The first-order chi connectivity index (χ1) is 18.6. The highest BCUT2D eigenvalue weighted by atomic mass is 16.5. The van der Waals surface area contributed by atoms with E-state index in [0.717, 1.165) is 56.3 Å². The van der Waals surface area contributed by atoms with Gasteiger partial charge in [-0.3, -0.25) is 4.79 Å². The Bertz CT molecular complexity index is 825. The zero-order valence-corrected chi connectivity index (χ0v) is 26.7. The Hall–Kier alpha value is -1.77. The van der Waals surface area contributed by atoms with Gasteiger partial charge < -0.3 is 9.84 Å². The number of unbranched alkanes of at least 4 members (excludes halogenated alkanes) is 5. The second-order valence-corrected chi connectivity index (χ2v) is 12.6. The number of hydrogen-bond acceptors (Lipinski definition) is 2. The smallest absolute Gasteiger partial charge is 0.306 e. The highest BCUT2D eigenvalue weighted by Gasteiger charge is 2.13. The molecule has 3 nitrogen and oxygen atoms in total. The Morgan fingerprint density at radius 2 is 1.51 bits per heavy atom. The molecule has 1 rings (SSSR count). The van der Waals surface area contributed by atoms with Crippen LogP contribution in [0.3, 0.4) is 0 Å². The lowest BCUT2D eigenvalue weighted by molar-refractivity contribution is -0.141. The van der Waals surface area contributed by atoms with E-state index in [9.17, 15) is 4.79 Å². The lowest BCUT2D eigenvalue weighted by Gasteiger charge is -2.18. The Kier molecular flexibility index (Phi) is 19.0. The Morgan fingerprint density at radius 3 is 2.21 bits per heavy atom. The molecular weight excluding hydrogens is 480 g/mol. The molecule has 0 amide bonds. The van der Waals surface area contributed by atoms with Crippen LogP contribution >= 0.6 is 0 Å². The summed E-state index contributed by atoms with van der Waals surface area (Å²) in [5.74, 6) is 1.74. The molecule has 0 fully saturated rings. The number of carboxylic acids is 1. The van der Waals surface area contributed by atoms with Crippen molar-refractivity contribution >= 4 is 5.97 Å². The van der Waals surface area contributed by atoms with Crippen LogP contribution in [-0.2, 0) is 11.2 Å². The minimum atomic E-state index is -0.688. The van der Waals surface area contributed by atoms with E-state index in [1.54, 1.807) is 6.92 Å². The van der Waals surface area contributed by atoms with Crippen LogP contribution in [0.2, 0.25) is 0 Å². The lowest BCUT2D eigenvalue weighted by Crippen LogP contribution is -2.08.